The largest absolute Gasteiger partial charge is 0.481 e. The predicted molar refractivity (Wildman–Crippen MR) is 61.2 cm³/mol. The molecule has 1 N–H and O–H groups in total. The highest BCUT2D eigenvalue weighted by Gasteiger charge is 2.12. The van der Waals surface area contributed by atoms with E-state index in [-0.39, 0.29) is 12.6 Å². The Hall–Kier alpha value is -0.850. The van der Waals surface area contributed by atoms with Crippen LogP contribution in [0.25, 0.3) is 0 Å². The van der Waals surface area contributed by atoms with Crippen LogP contribution in [0.3, 0.4) is 0 Å². The van der Waals surface area contributed by atoms with Crippen LogP contribution < -0.4 is 5.30 Å². The summed E-state index contributed by atoms with van der Waals surface area (Å²) < 4.78 is 23.2. The van der Waals surface area contributed by atoms with Crippen LogP contribution in [0, 0.1) is 0 Å². The van der Waals surface area contributed by atoms with Gasteiger partial charge in [-0.3, -0.25) is 4.79 Å². The average Bonchev–Trinajstić information content (AvgIpc) is 2.26. The number of carboxylic acids is 1. The van der Waals surface area contributed by atoms with Crippen LogP contribution in [-0.2, 0) is 13.9 Å². The van der Waals surface area contributed by atoms with Gasteiger partial charge in [-0.05, 0) is 0 Å². The minimum absolute atomic E-state index is 0.0205. The molecule has 0 heterocycles. The van der Waals surface area contributed by atoms with Crippen molar-refractivity contribution in [1.29, 1.82) is 0 Å². The molecular weight excluding hydrogens is 234 g/mol. The molecule has 1 rings (SSSR count). The van der Waals surface area contributed by atoms with Gasteiger partial charge in [-0.1, -0.05) is 30.3 Å². The molecule has 0 aromatic heterocycles. The van der Waals surface area contributed by atoms with Crippen molar-refractivity contribution in [3.8, 4) is 0 Å². The summed E-state index contributed by atoms with van der Waals surface area (Å²) in [5.74, 6) is -1.00. The topological polar surface area (TPSA) is 71.4 Å². The summed E-state index contributed by atoms with van der Waals surface area (Å²) in [6, 6.07) is 8.55. The van der Waals surface area contributed by atoms with E-state index >= 15 is 0 Å². The zero-order valence-corrected chi connectivity index (χ0v) is 9.97. The molecule has 82 valence electrons. The van der Waals surface area contributed by atoms with E-state index < -0.39 is 20.9 Å². The molecule has 0 radical (unpaired) electrons. The summed E-state index contributed by atoms with van der Waals surface area (Å²) in [6.07, 6.45) is -0.159. The lowest BCUT2D eigenvalue weighted by Crippen LogP contribution is -1.97. The van der Waals surface area contributed by atoms with Gasteiger partial charge in [0.25, 0.3) is 0 Å². The van der Waals surface area contributed by atoms with Crippen molar-refractivity contribution >= 4 is 26.3 Å². The molecule has 0 aliphatic rings. The second-order valence-corrected chi connectivity index (χ2v) is 8.63. The van der Waals surface area contributed by atoms with Gasteiger partial charge >= 0.3 is 5.97 Å². The van der Waals surface area contributed by atoms with E-state index in [9.17, 15) is 13.9 Å². The quantitative estimate of drug-likeness (QED) is 0.804. The first-order chi connectivity index (χ1) is 7.11. The van der Waals surface area contributed by atoms with Gasteiger partial charge in [0.15, 0.2) is 7.49 Å². The molecule has 0 fully saturated rings. The predicted octanol–water partition coefficient (Wildman–Crippen LogP) is 1.82. The number of aliphatic carboxylic acids is 1. The average molecular weight is 246 g/mol. The molecule has 2 unspecified atom stereocenters. The minimum Gasteiger partial charge on any atom is -0.481 e. The molecule has 2 atom stereocenters. The SMILES string of the molecule is O=C(O)CC[PH](=O)[PH](=O)c1ccccc1. The molecule has 0 amide bonds. The van der Waals surface area contributed by atoms with Gasteiger partial charge in [-0.15, -0.1) is 0 Å². The third-order valence-electron chi connectivity index (χ3n) is 1.86. The Labute approximate surface area is 88.8 Å². The third-order valence-corrected chi connectivity index (χ3v) is 7.06. The molecular formula is C9H12O4P2. The summed E-state index contributed by atoms with van der Waals surface area (Å²) in [5, 5.41) is 8.97. The van der Waals surface area contributed by atoms with E-state index in [0.717, 1.165) is 0 Å². The van der Waals surface area contributed by atoms with E-state index in [1.807, 2.05) is 0 Å². The fourth-order valence-electron chi connectivity index (χ4n) is 1.08. The van der Waals surface area contributed by atoms with Crippen LogP contribution in [-0.4, -0.2) is 17.2 Å². The van der Waals surface area contributed by atoms with Gasteiger partial charge in [0.05, 0.1) is 6.42 Å². The normalized spacial score (nSPS) is 14.4. The Balaban J connectivity index is 2.62. The first kappa shape index (κ1) is 12.2. The minimum atomic E-state index is -2.31. The van der Waals surface area contributed by atoms with E-state index in [0.29, 0.717) is 5.30 Å². The lowest BCUT2D eigenvalue weighted by molar-refractivity contribution is -0.136. The van der Waals surface area contributed by atoms with Crippen LogP contribution in [0.5, 0.6) is 0 Å². The van der Waals surface area contributed by atoms with E-state index in [2.05, 4.69) is 0 Å². The summed E-state index contributed by atoms with van der Waals surface area (Å²) in [5.41, 5.74) is 0. The Bertz CT molecular complexity index is 388. The second-order valence-electron chi connectivity index (χ2n) is 3.01. The smallest absolute Gasteiger partial charge is 0.303 e. The van der Waals surface area contributed by atoms with Crippen molar-refractivity contribution < 1.29 is 19.0 Å². The van der Waals surface area contributed by atoms with Gasteiger partial charge in [-0.2, -0.15) is 0 Å². The number of rotatable bonds is 5. The molecule has 15 heavy (non-hydrogen) atoms. The standard InChI is InChI=1S/C9H12O4P2/c10-9(11)6-7-14(12)15(13)8-4-2-1-3-5-8/h1-5,14-15H,6-7H2,(H,10,11). The van der Waals surface area contributed by atoms with Crippen molar-refractivity contribution in [2.24, 2.45) is 0 Å². The highest BCUT2D eigenvalue weighted by atomic mass is 32.1. The molecule has 0 bridgehead atoms. The van der Waals surface area contributed by atoms with Crippen LogP contribution >= 0.6 is 15.0 Å². The van der Waals surface area contributed by atoms with Gasteiger partial charge in [0, 0.05) is 11.5 Å². The number of benzene rings is 1. The van der Waals surface area contributed by atoms with Crippen molar-refractivity contribution in [3.05, 3.63) is 30.3 Å². The van der Waals surface area contributed by atoms with Crippen LogP contribution in [0.2, 0.25) is 0 Å². The number of hydrogen-bond acceptors (Lipinski definition) is 3. The van der Waals surface area contributed by atoms with Gasteiger partial charge in [0.2, 0.25) is 0 Å². The molecule has 0 aliphatic carbocycles. The van der Waals surface area contributed by atoms with Crippen molar-refractivity contribution in [1.82, 2.24) is 0 Å². The number of carbonyl (C=O) groups is 1. The lowest BCUT2D eigenvalue weighted by atomic mass is 10.4. The van der Waals surface area contributed by atoms with Gasteiger partial charge in [-0.25, -0.2) is 0 Å². The summed E-state index contributed by atoms with van der Waals surface area (Å²) in [6.45, 7) is 0. The fourth-order valence-corrected chi connectivity index (χ4v) is 5.09. The monoisotopic (exact) mass is 246 g/mol. The Morgan fingerprint density at radius 1 is 1.20 bits per heavy atom. The van der Waals surface area contributed by atoms with Crippen LogP contribution in [0.1, 0.15) is 6.42 Å². The van der Waals surface area contributed by atoms with Crippen LogP contribution in [0.15, 0.2) is 30.3 Å². The fraction of sp³-hybridized carbons (Fsp3) is 0.222. The maximum atomic E-state index is 11.7. The molecule has 0 saturated carbocycles. The Morgan fingerprint density at radius 3 is 2.33 bits per heavy atom. The summed E-state index contributed by atoms with van der Waals surface area (Å²) >= 11 is 0. The second kappa shape index (κ2) is 5.89. The molecule has 1 aromatic carbocycles. The maximum absolute atomic E-state index is 11.7. The van der Waals surface area contributed by atoms with Gasteiger partial charge in [0.1, 0.15) is 7.49 Å². The molecule has 0 spiro atoms. The molecule has 0 aliphatic heterocycles. The highest BCUT2D eigenvalue weighted by Crippen LogP contribution is 2.50. The molecule has 1 aromatic rings. The van der Waals surface area contributed by atoms with Crippen LogP contribution in [0.4, 0.5) is 0 Å². The number of hydrogen-bond donors (Lipinski definition) is 1. The zero-order valence-electron chi connectivity index (χ0n) is 7.97. The summed E-state index contributed by atoms with van der Waals surface area (Å²) in [7, 11) is -4.61. The first-order valence-corrected chi connectivity index (χ1v) is 8.48. The first-order valence-electron chi connectivity index (χ1n) is 4.45. The van der Waals surface area contributed by atoms with Crippen molar-refractivity contribution in [2.45, 2.75) is 6.42 Å². The van der Waals surface area contributed by atoms with E-state index in [4.69, 9.17) is 5.11 Å². The molecule has 0 saturated heterocycles. The third kappa shape index (κ3) is 4.03. The van der Waals surface area contributed by atoms with Crippen molar-refractivity contribution in [2.75, 3.05) is 6.16 Å². The molecule has 4 nitrogen and oxygen atoms in total. The molecule has 6 heteroatoms. The van der Waals surface area contributed by atoms with Crippen molar-refractivity contribution in [3.63, 3.8) is 0 Å². The van der Waals surface area contributed by atoms with E-state index in [1.54, 1.807) is 30.3 Å². The zero-order chi connectivity index (χ0) is 11.3. The van der Waals surface area contributed by atoms with Gasteiger partial charge < -0.3 is 14.2 Å². The Morgan fingerprint density at radius 2 is 1.80 bits per heavy atom. The Kier molecular flexibility index (Phi) is 4.80. The lowest BCUT2D eigenvalue weighted by Gasteiger charge is -2.01. The number of carboxylic acid groups (broad SMARTS) is 1. The summed E-state index contributed by atoms with van der Waals surface area (Å²) in [4.78, 5) is 10.2. The van der Waals surface area contributed by atoms with E-state index in [1.165, 1.54) is 0 Å². The highest BCUT2D eigenvalue weighted by molar-refractivity contribution is 8.21. The maximum Gasteiger partial charge on any atom is 0.303 e.